The Bertz CT molecular complexity index is 542. The van der Waals surface area contributed by atoms with Crippen molar-refractivity contribution in [1.82, 2.24) is 8.75 Å². The van der Waals surface area contributed by atoms with Gasteiger partial charge in [0.05, 0.1) is 11.7 Å². The molecule has 2 nitrogen and oxygen atoms in total. The molecule has 0 aliphatic carbocycles. The van der Waals surface area contributed by atoms with Crippen LogP contribution < -0.4 is 0 Å². The van der Waals surface area contributed by atoms with E-state index in [1.807, 2.05) is 0 Å². The van der Waals surface area contributed by atoms with Gasteiger partial charge in [-0.05, 0) is 35.3 Å². The summed E-state index contributed by atoms with van der Waals surface area (Å²) in [6.07, 6.45) is 2.26. The Morgan fingerprint density at radius 2 is 1.83 bits per heavy atom. The van der Waals surface area contributed by atoms with Gasteiger partial charge in [0.2, 0.25) is 0 Å². The molecule has 1 atom stereocenters. The topological polar surface area (TPSA) is 25.8 Å². The van der Waals surface area contributed by atoms with E-state index in [-0.39, 0.29) is 5.41 Å². The van der Waals surface area contributed by atoms with Crippen LogP contribution in [-0.2, 0) is 5.41 Å². The molecule has 1 aromatic heterocycles. The molecule has 2 rings (SSSR count). The molecule has 0 N–H and O–H groups in total. The van der Waals surface area contributed by atoms with E-state index in [1.165, 1.54) is 22.9 Å². The van der Waals surface area contributed by atoms with Gasteiger partial charge in [-0.1, -0.05) is 46.8 Å². The fourth-order valence-electron chi connectivity index (χ4n) is 2.24. The van der Waals surface area contributed by atoms with E-state index in [4.69, 9.17) is 0 Å². The summed E-state index contributed by atoms with van der Waals surface area (Å²) in [4.78, 5) is 0. The molecule has 0 fully saturated rings. The van der Waals surface area contributed by atoms with E-state index in [0.29, 0.717) is 5.92 Å². The first-order chi connectivity index (χ1) is 8.51. The van der Waals surface area contributed by atoms with Crippen LogP contribution in [-0.4, -0.2) is 8.75 Å². The van der Waals surface area contributed by atoms with Crippen molar-refractivity contribution < 1.29 is 0 Å². The molecular weight excluding hydrogens is 240 g/mol. The van der Waals surface area contributed by atoms with Crippen molar-refractivity contribution in [3.63, 3.8) is 0 Å². The molecule has 0 radical (unpaired) electrons. The zero-order valence-corrected chi connectivity index (χ0v) is 12.8. The zero-order chi connectivity index (χ0) is 13.3. The summed E-state index contributed by atoms with van der Waals surface area (Å²) in [7, 11) is 0. The molecule has 0 amide bonds. The number of aromatic nitrogens is 2. The first-order valence-electron chi connectivity index (χ1n) is 6.77. The molecule has 98 valence electrons. The minimum Gasteiger partial charge on any atom is -0.173 e. The molecule has 2 aromatic rings. The highest BCUT2D eigenvalue weighted by molar-refractivity contribution is 7.00. The Kier molecular flexibility index (Phi) is 3.71. The predicted octanol–water partition coefficient (Wildman–Crippen LogP) is 4.89. The monoisotopic (exact) mass is 262 g/mol. The maximum atomic E-state index is 4.54. The van der Waals surface area contributed by atoms with Gasteiger partial charge in [0.15, 0.2) is 0 Å². The maximum Gasteiger partial charge on any atom is 0.108 e. The Labute approximate surface area is 114 Å². The lowest BCUT2D eigenvalue weighted by Crippen LogP contribution is -2.16. The zero-order valence-electron chi connectivity index (χ0n) is 11.9. The van der Waals surface area contributed by atoms with Crippen molar-refractivity contribution in [2.75, 3.05) is 0 Å². The van der Waals surface area contributed by atoms with E-state index in [1.54, 1.807) is 0 Å². The smallest absolute Gasteiger partial charge is 0.108 e. The number of benzene rings is 1. The highest BCUT2D eigenvalue weighted by Crippen LogP contribution is 2.35. The van der Waals surface area contributed by atoms with E-state index in [2.05, 4.69) is 55.5 Å². The van der Waals surface area contributed by atoms with Gasteiger partial charge in [0.1, 0.15) is 11.0 Å². The lowest BCUT2D eigenvalue weighted by molar-refractivity contribution is 0.510. The molecule has 1 aromatic carbocycles. The van der Waals surface area contributed by atoms with Crippen molar-refractivity contribution in [1.29, 1.82) is 0 Å². The van der Waals surface area contributed by atoms with Crippen molar-refractivity contribution in [2.24, 2.45) is 0 Å². The van der Waals surface area contributed by atoms with Crippen LogP contribution in [0.5, 0.6) is 0 Å². The number of nitrogens with zero attached hydrogens (tertiary/aromatic N) is 2. The second-order valence-electron chi connectivity index (χ2n) is 5.71. The third-order valence-electron chi connectivity index (χ3n) is 4.20. The highest BCUT2D eigenvalue weighted by Gasteiger charge is 2.24. The third-order valence-corrected chi connectivity index (χ3v) is 4.73. The van der Waals surface area contributed by atoms with Gasteiger partial charge in [0, 0.05) is 0 Å². The first-order valence-corrected chi connectivity index (χ1v) is 7.50. The van der Waals surface area contributed by atoms with Crippen molar-refractivity contribution >= 4 is 22.8 Å². The summed E-state index contributed by atoms with van der Waals surface area (Å²) in [6.45, 7) is 11.3. The molecule has 0 saturated carbocycles. The summed E-state index contributed by atoms with van der Waals surface area (Å²) in [5.74, 6) is 0.551. The minimum absolute atomic E-state index is 0.169. The molecular formula is C15H22N2S. The van der Waals surface area contributed by atoms with Gasteiger partial charge >= 0.3 is 0 Å². The Hall–Kier alpha value is -0.960. The Morgan fingerprint density at radius 1 is 1.17 bits per heavy atom. The highest BCUT2D eigenvalue weighted by atomic mass is 32.1. The quantitative estimate of drug-likeness (QED) is 0.783. The molecule has 1 heterocycles. The van der Waals surface area contributed by atoms with Crippen LogP contribution in [0.25, 0.3) is 11.0 Å². The van der Waals surface area contributed by atoms with E-state index in [9.17, 15) is 0 Å². The molecule has 0 aliphatic rings. The molecule has 0 bridgehead atoms. The van der Waals surface area contributed by atoms with Crippen LogP contribution in [0, 0.1) is 0 Å². The second kappa shape index (κ2) is 4.96. The van der Waals surface area contributed by atoms with Crippen molar-refractivity contribution in [2.45, 2.75) is 58.8 Å². The standard InChI is InChI=1S/C15H22N2S/c1-6-10(3)11-8-9-12(15(4,5)7-2)14-13(11)16-18-17-14/h8-10H,6-7H2,1-5H3. The van der Waals surface area contributed by atoms with E-state index >= 15 is 0 Å². The van der Waals surface area contributed by atoms with Crippen LogP contribution in [0.2, 0.25) is 0 Å². The predicted molar refractivity (Wildman–Crippen MR) is 79.4 cm³/mol. The van der Waals surface area contributed by atoms with Crippen LogP contribution >= 0.6 is 11.7 Å². The molecule has 18 heavy (non-hydrogen) atoms. The van der Waals surface area contributed by atoms with Gasteiger partial charge in [-0.15, -0.1) is 0 Å². The number of hydrogen-bond donors (Lipinski definition) is 0. The minimum atomic E-state index is 0.169. The second-order valence-corrected chi connectivity index (χ2v) is 6.24. The lowest BCUT2D eigenvalue weighted by atomic mass is 9.80. The lowest BCUT2D eigenvalue weighted by Gasteiger charge is -2.24. The molecule has 0 saturated heterocycles. The summed E-state index contributed by atoms with van der Waals surface area (Å²) < 4.78 is 9.07. The summed E-state index contributed by atoms with van der Waals surface area (Å²) in [6, 6.07) is 4.51. The molecule has 0 spiro atoms. The largest absolute Gasteiger partial charge is 0.173 e. The maximum absolute atomic E-state index is 4.54. The normalized spacial score (nSPS) is 14.1. The van der Waals surface area contributed by atoms with Gasteiger partial charge in [-0.3, -0.25) is 0 Å². The average molecular weight is 262 g/mol. The molecule has 0 aliphatic heterocycles. The summed E-state index contributed by atoms with van der Waals surface area (Å²) >= 11 is 1.34. The number of fused-ring (bicyclic) bond motifs is 1. The van der Waals surface area contributed by atoms with Gasteiger partial charge in [-0.2, -0.15) is 8.75 Å². The Morgan fingerprint density at radius 3 is 2.44 bits per heavy atom. The third kappa shape index (κ3) is 2.16. The van der Waals surface area contributed by atoms with Gasteiger partial charge < -0.3 is 0 Å². The summed E-state index contributed by atoms with van der Waals surface area (Å²) in [5, 5.41) is 0. The van der Waals surface area contributed by atoms with E-state index in [0.717, 1.165) is 23.9 Å². The molecule has 1 unspecified atom stereocenters. The van der Waals surface area contributed by atoms with Crippen LogP contribution in [0.4, 0.5) is 0 Å². The van der Waals surface area contributed by atoms with Gasteiger partial charge in [-0.25, -0.2) is 0 Å². The molecule has 3 heteroatoms. The van der Waals surface area contributed by atoms with Crippen LogP contribution in [0.3, 0.4) is 0 Å². The fraction of sp³-hybridized carbons (Fsp3) is 0.600. The van der Waals surface area contributed by atoms with Crippen molar-refractivity contribution in [3.8, 4) is 0 Å². The van der Waals surface area contributed by atoms with Crippen LogP contribution in [0.1, 0.15) is 64.5 Å². The van der Waals surface area contributed by atoms with Crippen LogP contribution in [0.15, 0.2) is 12.1 Å². The van der Waals surface area contributed by atoms with Gasteiger partial charge in [0.25, 0.3) is 0 Å². The fourth-order valence-corrected chi connectivity index (χ4v) is 2.82. The number of rotatable bonds is 4. The first kappa shape index (κ1) is 13.5. The van der Waals surface area contributed by atoms with E-state index < -0.39 is 0 Å². The number of hydrogen-bond acceptors (Lipinski definition) is 3. The van der Waals surface area contributed by atoms with Crippen molar-refractivity contribution in [3.05, 3.63) is 23.3 Å². The average Bonchev–Trinajstić information content (AvgIpc) is 2.85. The summed E-state index contributed by atoms with van der Waals surface area (Å²) in [5.41, 5.74) is 5.08. The SMILES string of the molecule is CCC(C)c1ccc(C(C)(C)CC)c2nsnc12. The Balaban J connectivity index is 2.64.